The standard InChI is InChI=1S/C5H12O2.C4H8O2/c6-4-2-1-3-5-7;5-3-1-2-4-6/h6-7H,1-5H2;1-2,5-6H,3-4H2/b;2-1+. The number of aliphatic hydroxyl groups is 4. The van der Waals surface area contributed by atoms with Gasteiger partial charge < -0.3 is 20.4 Å². The van der Waals surface area contributed by atoms with Gasteiger partial charge in [-0.2, -0.15) is 0 Å². The smallest absolute Gasteiger partial charge is 0.0613 e. The topological polar surface area (TPSA) is 80.9 Å². The number of hydrogen-bond donors (Lipinski definition) is 4. The third kappa shape index (κ3) is 24.5. The Hall–Kier alpha value is -0.420. The lowest BCUT2D eigenvalue weighted by Gasteiger charge is -1.90. The number of aliphatic hydroxyl groups excluding tert-OH is 4. The maximum Gasteiger partial charge on any atom is 0.0613 e. The zero-order valence-corrected chi connectivity index (χ0v) is 7.89. The quantitative estimate of drug-likeness (QED) is 0.343. The van der Waals surface area contributed by atoms with Crippen LogP contribution in [0.15, 0.2) is 12.2 Å². The van der Waals surface area contributed by atoms with Gasteiger partial charge in [-0.25, -0.2) is 0 Å². The van der Waals surface area contributed by atoms with Gasteiger partial charge in [0.25, 0.3) is 0 Å². The molecule has 0 atom stereocenters. The Morgan fingerprint density at radius 2 is 1.00 bits per heavy atom. The Labute approximate surface area is 79.2 Å². The monoisotopic (exact) mass is 192 g/mol. The molecule has 0 unspecified atom stereocenters. The summed E-state index contributed by atoms with van der Waals surface area (Å²) in [7, 11) is 0. The lowest BCUT2D eigenvalue weighted by Crippen LogP contribution is -1.85. The molecule has 4 heteroatoms. The third-order valence-corrected chi connectivity index (χ3v) is 1.19. The molecule has 0 bridgehead atoms. The van der Waals surface area contributed by atoms with Crippen molar-refractivity contribution in [2.75, 3.05) is 26.4 Å². The van der Waals surface area contributed by atoms with Crippen molar-refractivity contribution in [3.63, 3.8) is 0 Å². The van der Waals surface area contributed by atoms with Crippen molar-refractivity contribution in [1.29, 1.82) is 0 Å². The van der Waals surface area contributed by atoms with Gasteiger partial charge in [0.05, 0.1) is 13.2 Å². The highest BCUT2D eigenvalue weighted by Crippen LogP contribution is 1.90. The minimum atomic E-state index is 0.0144. The molecule has 4 nitrogen and oxygen atoms in total. The highest BCUT2D eigenvalue weighted by molar-refractivity contribution is 4.78. The highest BCUT2D eigenvalue weighted by Gasteiger charge is 1.81. The van der Waals surface area contributed by atoms with Crippen LogP contribution in [0.3, 0.4) is 0 Å². The fourth-order valence-corrected chi connectivity index (χ4v) is 0.549. The van der Waals surface area contributed by atoms with E-state index < -0.39 is 0 Å². The normalized spacial score (nSPS) is 9.85. The van der Waals surface area contributed by atoms with Crippen molar-refractivity contribution in [1.82, 2.24) is 0 Å². The number of rotatable bonds is 6. The van der Waals surface area contributed by atoms with Gasteiger partial charge in [0.2, 0.25) is 0 Å². The molecule has 0 saturated heterocycles. The molecule has 0 heterocycles. The molecule has 13 heavy (non-hydrogen) atoms. The van der Waals surface area contributed by atoms with Gasteiger partial charge in [0.1, 0.15) is 0 Å². The van der Waals surface area contributed by atoms with Gasteiger partial charge >= 0.3 is 0 Å². The molecule has 0 aliphatic carbocycles. The van der Waals surface area contributed by atoms with Crippen LogP contribution < -0.4 is 0 Å². The van der Waals surface area contributed by atoms with E-state index in [9.17, 15) is 0 Å². The van der Waals surface area contributed by atoms with Gasteiger partial charge in [-0.15, -0.1) is 0 Å². The molecule has 0 saturated carbocycles. The molecular weight excluding hydrogens is 172 g/mol. The van der Waals surface area contributed by atoms with E-state index in [0.29, 0.717) is 0 Å². The Kier molecular flexibility index (Phi) is 20.4. The zero-order chi connectivity index (χ0) is 10.4. The first-order valence-electron chi connectivity index (χ1n) is 4.41. The fourth-order valence-electron chi connectivity index (χ4n) is 0.549. The van der Waals surface area contributed by atoms with E-state index in [0.717, 1.165) is 19.3 Å². The summed E-state index contributed by atoms with van der Waals surface area (Å²) in [6.07, 6.45) is 5.55. The molecule has 0 amide bonds. The van der Waals surface area contributed by atoms with E-state index in [1.165, 1.54) is 12.2 Å². The van der Waals surface area contributed by atoms with Gasteiger partial charge in [-0.3, -0.25) is 0 Å². The van der Waals surface area contributed by atoms with Crippen LogP contribution in [0.2, 0.25) is 0 Å². The minimum Gasteiger partial charge on any atom is -0.396 e. The van der Waals surface area contributed by atoms with Crippen LogP contribution in [0.4, 0.5) is 0 Å². The van der Waals surface area contributed by atoms with Crippen LogP contribution in [0, 0.1) is 0 Å². The minimum absolute atomic E-state index is 0.0144. The molecule has 80 valence electrons. The van der Waals surface area contributed by atoms with Crippen molar-refractivity contribution in [3.05, 3.63) is 12.2 Å². The predicted molar refractivity (Wildman–Crippen MR) is 51.3 cm³/mol. The average molecular weight is 192 g/mol. The van der Waals surface area contributed by atoms with Crippen LogP contribution in [-0.2, 0) is 0 Å². The summed E-state index contributed by atoms with van der Waals surface area (Å²) < 4.78 is 0. The predicted octanol–water partition coefficient (Wildman–Crippen LogP) is -0.332. The number of unbranched alkanes of at least 4 members (excludes halogenated alkanes) is 2. The highest BCUT2D eigenvalue weighted by atomic mass is 16.3. The molecule has 0 aliphatic rings. The van der Waals surface area contributed by atoms with Crippen molar-refractivity contribution >= 4 is 0 Å². The van der Waals surface area contributed by atoms with Gasteiger partial charge in [-0.05, 0) is 19.3 Å². The first-order valence-corrected chi connectivity index (χ1v) is 4.41. The largest absolute Gasteiger partial charge is 0.396 e. The summed E-state index contributed by atoms with van der Waals surface area (Å²) in [4.78, 5) is 0. The summed E-state index contributed by atoms with van der Waals surface area (Å²) in [6.45, 7) is 0.529. The first kappa shape index (κ1) is 15.1. The Morgan fingerprint density at radius 1 is 0.615 bits per heavy atom. The van der Waals surface area contributed by atoms with Crippen LogP contribution in [0.1, 0.15) is 19.3 Å². The molecule has 4 N–H and O–H groups in total. The van der Waals surface area contributed by atoms with E-state index in [2.05, 4.69) is 0 Å². The van der Waals surface area contributed by atoms with Crippen molar-refractivity contribution in [3.8, 4) is 0 Å². The lowest BCUT2D eigenvalue weighted by atomic mass is 10.2. The maximum absolute atomic E-state index is 8.21. The zero-order valence-electron chi connectivity index (χ0n) is 7.89. The van der Waals surface area contributed by atoms with Gasteiger partial charge in [-0.1, -0.05) is 12.2 Å². The summed E-state index contributed by atoms with van der Waals surface area (Å²) >= 11 is 0. The molecular formula is C9H20O4. The van der Waals surface area contributed by atoms with Crippen LogP contribution >= 0.6 is 0 Å². The molecule has 0 aliphatic heterocycles. The van der Waals surface area contributed by atoms with E-state index in [4.69, 9.17) is 20.4 Å². The lowest BCUT2D eigenvalue weighted by molar-refractivity contribution is 0.257. The van der Waals surface area contributed by atoms with Crippen LogP contribution in [0.25, 0.3) is 0 Å². The van der Waals surface area contributed by atoms with E-state index in [1.54, 1.807) is 0 Å². The van der Waals surface area contributed by atoms with Gasteiger partial charge in [0, 0.05) is 13.2 Å². The summed E-state index contributed by atoms with van der Waals surface area (Å²) in [6, 6.07) is 0. The van der Waals surface area contributed by atoms with E-state index >= 15 is 0 Å². The molecule has 0 aromatic heterocycles. The molecule has 0 spiro atoms. The summed E-state index contributed by atoms with van der Waals surface area (Å²) in [5, 5.41) is 32.4. The van der Waals surface area contributed by atoms with Crippen molar-refractivity contribution in [2.24, 2.45) is 0 Å². The average Bonchev–Trinajstić information content (AvgIpc) is 2.17. The Balaban J connectivity index is 0. The SMILES string of the molecule is OC/C=C/CO.OCCCCCO. The van der Waals surface area contributed by atoms with Crippen LogP contribution in [0.5, 0.6) is 0 Å². The van der Waals surface area contributed by atoms with Crippen LogP contribution in [-0.4, -0.2) is 46.9 Å². The molecule has 0 aromatic rings. The Morgan fingerprint density at radius 3 is 1.23 bits per heavy atom. The van der Waals surface area contributed by atoms with Crippen molar-refractivity contribution in [2.45, 2.75) is 19.3 Å². The third-order valence-electron chi connectivity index (χ3n) is 1.19. The molecule has 0 aromatic carbocycles. The van der Waals surface area contributed by atoms with Crippen molar-refractivity contribution < 1.29 is 20.4 Å². The molecule has 0 rings (SSSR count). The van der Waals surface area contributed by atoms with E-state index in [1.807, 2.05) is 0 Å². The summed E-state index contributed by atoms with van der Waals surface area (Å²) in [5.41, 5.74) is 0. The Bertz CT molecular complexity index is 83.6. The number of hydrogen-bond acceptors (Lipinski definition) is 4. The second-order valence-corrected chi connectivity index (χ2v) is 2.34. The summed E-state index contributed by atoms with van der Waals surface area (Å²) in [5.74, 6) is 0. The molecule has 0 radical (unpaired) electrons. The van der Waals surface area contributed by atoms with E-state index in [-0.39, 0.29) is 26.4 Å². The second kappa shape index (κ2) is 17.6. The fraction of sp³-hybridized carbons (Fsp3) is 0.778. The second-order valence-electron chi connectivity index (χ2n) is 2.34. The first-order chi connectivity index (χ1) is 6.33. The molecule has 0 fully saturated rings. The van der Waals surface area contributed by atoms with Gasteiger partial charge in [0.15, 0.2) is 0 Å². The maximum atomic E-state index is 8.21.